The Labute approximate surface area is 119 Å². The van der Waals surface area contributed by atoms with Gasteiger partial charge in [0.25, 0.3) is 0 Å². The lowest BCUT2D eigenvalue weighted by Crippen LogP contribution is -2.46. The van der Waals surface area contributed by atoms with Crippen LogP contribution in [0.25, 0.3) is 0 Å². The van der Waals surface area contributed by atoms with Gasteiger partial charge in [0.1, 0.15) is 12.4 Å². The predicted molar refractivity (Wildman–Crippen MR) is 76.4 cm³/mol. The minimum absolute atomic E-state index is 0.0277. The molecule has 0 aliphatic carbocycles. The molecule has 5 nitrogen and oxygen atoms in total. The molecule has 1 saturated heterocycles. The highest BCUT2D eigenvalue weighted by atomic mass is 16.5. The van der Waals surface area contributed by atoms with Gasteiger partial charge in [0.15, 0.2) is 0 Å². The number of hydrogen-bond acceptors (Lipinski definition) is 4. The molecule has 2 rings (SSSR count). The third-order valence-corrected chi connectivity index (χ3v) is 3.50. The van der Waals surface area contributed by atoms with Crippen LogP contribution in [-0.2, 0) is 16.1 Å². The molecule has 0 spiro atoms. The summed E-state index contributed by atoms with van der Waals surface area (Å²) in [4.78, 5) is 13.8. The first-order chi connectivity index (χ1) is 9.74. The Balaban J connectivity index is 2.00. The van der Waals surface area contributed by atoms with E-state index >= 15 is 0 Å². The lowest BCUT2D eigenvalue weighted by atomic mass is 10.1. The van der Waals surface area contributed by atoms with E-state index in [2.05, 4.69) is 0 Å². The van der Waals surface area contributed by atoms with E-state index in [0.717, 1.165) is 24.2 Å². The summed E-state index contributed by atoms with van der Waals surface area (Å²) < 4.78 is 10.9. The van der Waals surface area contributed by atoms with Gasteiger partial charge in [-0.2, -0.15) is 0 Å². The fourth-order valence-electron chi connectivity index (χ4n) is 2.39. The van der Waals surface area contributed by atoms with E-state index in [1.807, 2.05) is 29.2 Å². The van der Waals surface area contributed by atoms with E-state index in [-0.39, 0.29) is 18.6 Å². The molecular weight excluding hydrogens is 256 g/mol. The number of benzene rings is 1. The van der Waals surface area contributed by atoms with E-state index in [1.54, 1.807) is 7.11 Å². The first-order valence-electron chi connectivity index (χ1n) is 6.96. The van der Waals surface area contributed by atoms with Crippen LogP contribution in [0, 0.1) is 0 Å². The lowest BCUT2D eigenvalue weighted by Gasteiger charge is -2.33. The van der Waals surface area contributed by atoms with Crippen LogP contribution >= 0.6 is 0 Å². The lowest BCUT2D eigenvalue weighted by molar-refractivity contribution is -0.150. The summed E-state index contributed by atoms with van der Waals surface area (Å²) in [5.41, 5.74) is 6.53. The molecule has 1 amide bonds. The number of carbonyl (C=O) groups excluding carboxylic acids is 1. The monoisotopic (exact) mass is 278 g/mol. The number of hydrogen-bond donors (Lipinski definition) is 1. The Morgan fingerprint density at radius 1 is 1.45 bits per heavy atom. The number of methoxy groups -OCH3 is 1. The van der Waals surface area contributed by atoms with Gasteiger partial charge >= 0.3 is 0 Å². The van der Waals surface area contributed by atoms with Crippen molar-refractivity contribution in [3.05, 3.63) is 29.8 Å². The number of nitrogens with two attached hydrogens (primary N) is 1. The quantitative estimate of drug-likeness (QED) is 0.848. The SMILES string of the molecule is COc1ccccc1CN1CC(CCCN)OCC1=O. The average Bonchev–Trinajstić information content (AvgIpc) is 2.48. The van der Waals surface area contributed by atoms with Gasteiger partial charge in [0.2, 0.25) is 5.91 Å². The fourth-order valence-corrected chi connectivity index (χ4v) is 2.39. The molecule has 1 aromatic carbocycles. The molecule has 0 radical (unpaired) electrons. The largest absolute Gasteiger partial charge is 0.496 e. The van der Waals surface area contributed by atoms with Crippen LogP contribution in [0.4, 0.5) is 0 Å². The summed E-state index contributed by atoms with van der Waals surface area (Å²) in [5, 5.41) is 0. The molecule has 110 valence electrons. The van der Waals surface area contributed by atoms with Crippen molar-refractivity contribution in [1.82, 2.24) is 4.90 Å². The van der Waals surface area contributed by atoms with Crippen molar-refractivity contribution in [1.29, 1.82) is 0 Å². The van der Waals surface area contributed by atoms with Crippen molar-refractivity contribution >= 4 is 5.91 Å². The maximum Gasteiger partial charge on any atom is 0.248 e. The Bertz CT molecular complexity index is 450. The number of ether oxygens (including phenoxy) is 2. The number of morpholine rings is 1. The van der Waals surface area contributed by atoms with Crippen molar-refractivity contribution in [2.75, 3.05) is 26.8 Å². The van der Waals surface area contributed by atoms with Crippen LogP contribution in [0.5, 0.6) is 5.75 Å². The zero-order valence-electron chi connectivity index (χ0n) is 11.9. The molecule has 0 aromatic heterocycles. The summed E-state index contributed by atoms with van der Waals surface area (Å²) in [6.45, 7) is 1.99. The molecule has 1 unspecified atom stereocenters. The van der Waals surface area contributed by atoms with Gasteiger partial charge in [-0.05, 0) is 25.5 Å². The zero-order valence-corrected chi connectivity index (χ0v) is 11.9. The average molecular weight is 278 g/mol. The van der Waals surface area contributed by atoms with Crippen molar-refractivity contribution in [2.45, 2.75) is 25.5 Å². The number of nitrogens with zero attached hydrogens (tertiary/aromatic N) is 1. The van der Waals surface area contributed by atoms with Crippen molar-refractivity contribution in [3.8, 4) is 5.75 Å². The molecule has 1 heterocycles. The van der Waals surface area contributed by atoms with Crippen LogP contribution in [0.1, 0.15) is 18.4 Å². The van der Waals surface area contributed by atoms with Gasteiger partial charge in [0, 0.05) is 18.7 Å². The zero-order chi connectivity index (χ0) is 14.4. The van der Waals surface area contributed by atoms with Crippen LogP contribution in [0.3, 0.4) is 0 Å². The van der Waals surface area contributed by atoms with Gasteiger partial charge < -0.3 is 20.1 Å². The smallest absolute Gasteiger partial charge is 0.248 e. The van der Waals surface area contributed by atoms with Crippen LogP contribution in [0.2, 0.25) is 0 Å². The summed E-state index contributed by atoms with van der Waals surface area (Å²) in [5.74, 6) is 0.838. The fraction of sp³-hybridized carbons (Fsp3) is 0.533. The number of carbonyl (C=O) groups is 1. The minimum atomic E-state index is 0.0277. The van der Waals surface area contributed by atoms with Crippen molar-refractivity contribution < 1.29 is 14.3 Å². The minimum Gasteiger partial charge on any atom is -0.496 e. The Hall–Kier alpha value is -1.59. The third-order valence-electron chi connectivity index (χ3n) is 3.50. The number of amides is 1. The molecular formula is C15H22N2O3. The van der Waals surface area contributed by atoms with E-state index in [0.29, 0.717) is 19.6 Å². The molecule has 5 heteroatoms. The van der Waals surface area contributed by atoms with Gasteiger partial charge in [-0.3, -0.25) is 4.79 Å². The Morgan fingerprint density at radius 2 is 2.25 bits per heavy atom. The maximum absolute atomic E-state index is 12.0. The third kappa shape index (κ3) is 3.71. The van der Waals surface area contributed by atoms with E-state index in [9.17, 15) is 4.79 Å². The molecule has 1 atom stereocenters. The number of rotatable bonds is 6. The molecule has 20 heavy (non-hydrogen) atoms. The second kappa shape index (κ2) is 7.26. The highest BCUT2D eigenvalue weighted by molar-refractivity contribution is 5.78. The van der Waals surface area contributed by atoms with Crippen LogP contribution in [-0.4, -0.2) is 43.7 Å². The maximum atomic E-state index is 12.0. The Morgan fingerprint density at radius 3 is 3.00 bits per heavy atom. The van der Waals surface area contributed by atoms with Crippen LogP contribution < -0.4 is 10.5 Å². The van der Waals surface area contributed by atoms with Gasteiger partial charge in [-0.15, -0.1) is 0 Å². The first kappa shape index (κ1) is 14.8. The molecule has 1 aliphatic heterocycles. The van der Waals surface area contributed by atoms with Crippen molar-refractivity contribution in [2.24, 2.45) is 5.73 Å². The normalized spacial score (nSPS) is 19.2. The van der Waals surface area contributed by atoms with Gasteiger partial charge in [-0.25, -0.2) is 0 Å². The number of para-hydroxylation sites is 1. The molecule has 0 saturated carbocycles. The summed E-state index contributed by atoms with van der Waals surface area (Å²) in [7, 11) is 1.64. The second-order valence-electron chi connectivity index (χ2n) is 4.95. The highest BCUT2D eigenvalue weighted by Gasteiger charge is 2.26. The Kier molecular flexibility index (Phi) is 5.38. The second-order valence-corrected chi connectivity index (χ2v) is 4.95. The van der Waals surface area contributed by atoms with E-state index < -0.39 is 0 Å². The topological polar surface area (TPSA) is 64.8 Å². The van der Waals surface area contributed by atoms with E-state index in [1.165, 1.54) is 0 Å². The standard InChI is InChI=1S/C15H22N2O3/c1-19-14-7-3-2-5-12(14)9-17-10-13(6-4-8-16)20-11-15(17)18/h2-3,5,7,13H,4,6,8-11,16H2,1H3. The first-order valence-corrected chi connectivity index (χ1v) is 6.96. The molecule has 1 fully saturated rings. The molecule has 1 aliphatic rings. The predicted octanol–water partition coefficient (Wildman–Crippen LogP) is 1.16. The van der Waals surface area contributed by atoms with Crippen molar-refractivity contribution in [3.63, 3.8) is 0 Å². The summed E-state index contributed by atoms with van der Waals surface area (Å²) in [6.07, 6.45) is 1.90. The van der Waals surface area contributed by atoms with Gasteiger partial charge in [-0.1, -0.05) is 18.2 Å². The summed E-state index contributed by atoms with van der Waals surface area (Å²) in [6, 6.07) is 7.77. The highest BCUT2D eigenvalue weighted by Crippen LogP contribution is 2.21. The van der Waals surface area contributed by atoms with Gasteiger partial charge in [0.05, 0.1) is 13.2 Å². The van der Waals surface area contributed by atoms with E-state index in [4.69, 9.17) is 15.2 Å². The molecule has 2 N–H and O–H groups in total. The van der Waals surface area contributed by atoms with Crippen LogP contribution in [0.15, 0.2) is 24.3 Å². The summed E-state index contributed by atoms with van der Waals surface area (Å²) >= 11 is 0. The molecule has 1 aromatic rings. The molecule has 0 bridgehead atoms.